The maximum absolute atomic E-state index is 9.45. The first kappa shape index (κ1) is 12.0. The predicted octanol–water partition coefficient (Wildman–Crippen LogP) is 2.34. The lowest BCUT2D eigenvalue weighted by Gasteiger charge is -2.10. The van der Waals surface area contributed by atoms with Crippen molar-refractivity contribution >= 4 is 10.9 Å². The second kappa shape index (κ2) is 4.90. The average Bonchev–Trinajstić information content (AvgIpc) is 3.02. The van der Waals surface area contributed by atoms with Crippen molar-refractivity contribution in [1.82, 2.24) is 14.1 Å². The third-order valence-corrected chi connectivity index (χ3v) is 3.55. The number of aromatic nitrogens is 3. The summed E-state index contributed by atoms with van der Waals surface area (Å²) < 4.78 is 4.33. The lowest BCUT2D eigenvalue weighted by Crippen LogP contribution is -2.08. The second-order valence-corrected chi connectivity index (χ2v) is 4.69. The molecular weight excluding hydrogens is 238 g/mol. The Morgan fingerprint density at radius 1 is 1.11 bits per heavy atom. The SMILES string of the molecule is Cc1nccn1CCn1ccc2cccc(CO)c21. The molecule has 0 aliphatic carbocycles. The minimum atomic E-state index is 0.0749. The fourth-order valence-corrected chi connectivity index (χ4v) is 2.51. The summed E-state index contributed by atoms with van der Waals surface area (Å²) in [5.74, 6) is 1.03. The van der Waals surface area contributed by atoms with Gasteiger partial charge in [0.2, 0.25) is 0 Å². The number of fused-ring (bicyclic) bond motifs is 1. The van der Waals surface area contributed by atoms with E-state index in [0.29, 0.717) is 0 Å². The van der Waals surface area contributed by atoms with Crippen molar-refractivity contribution in [3.05, 3.63) is 54.2 Å². The van der Waals surface area contributed by atoms with Crippen LogP contribution in [-0.4, -0.2) is 19.2 Å². The van der Waals surface area contributed by atoms with E-state index in [9.17, 15) is 5.11 Å². The highest BCUT2D eigenvalue weighted by atomic mass is 16.3. The Balaban J connectivity index is 1.91. The maximum Gasteiger partial charge on any atom is 0.105 e. The number of rotatable bonds is 4. The summed E-state index contributed by atoms with van der Waals surface area (Å²) in [4.78, 5) is 4.23. The van der Waals surface area contributed by atoms with Gasteiger partial charge >= 0.3 is 0 Å². The van der Waals surface area contributed by atoms with E-state index in [2.05, 4.69) is 32.4 Å². The third-order valence-electron chi connectivity index (χ3n) is 3.55. The van der Waals surface area contributed by atoms with E-state index in [1.165, 1.54) is 5.39 Å². The molecule has 0 aliphatic heterocycles. The zero-order valence-corrected chi connectivity index (χ0v) is 11.0. The van der Waals surface area contributed by atoms with E-state index in [0.717, 1.165) is 30.0 Å². The number of hydrogen-bond acceptors (Lipinski definition) is 2. The quantitative estimate of drug-likeness (QED) is 0.777. The molecule has 0 amide bonds. The van der Waals surface area contributed by atoms with Crippen LogP contribution in [0.15, 0.2) is 42.9 Å². The van der Waals surface area contributed by atoms with Crippen LogP contribution in [0.2, 0.25) is 0 Å². The zero-order chi connectivity index (χ0) is 13.2. The summed E-state index contributed by atoms with van der Waals surface area (Å²) in [6.45, 7) is 3.84. The zero-order valence-electron chi connectivity index (χ0n) is 11.0. The monoisotopic (exact) mass is 255 g/mol. The topological polar surface area (TPSA) is 43.0 Å². The van der Waals surface area contributed by atoms with E-state index in [4.69, 9.17) is 0 Å². The number of aliphatic hydroxyl groups excluding tert-OH is 1. The molecule has 98 valence electrons. The van der Waals surface area contributed by atoms with E-state index in [-0.39, 0.29) is 6.61 Å². The van der Waals surface area contributed by atoms with Gasteiger partial charge in [-0.25, -0.2) is 4.98 Å². The smallest absolute Gasteiger partial charge is 0.105 e. The van der Waals surface area contributed by atoms with Gasteiger partial charge in [-0.05, 0) is 18.4 Å². The van der Waals surface area contributed by atoms with E-state index in [1.54, 1.807) is 0 Å². The number of hydrogen-bond donors (Lipinski definition) is 1. The molecule has 0 aliphatic rings. The number of aliphatic hydroxyl groups is 1. The second-order valence-electron chi connectivity index (χ2n) is 4.69. The fourth-order valence-electron chi connectivity index (χ4n) is 2.51. The van der Waals surface area contributed by atoms with Gasteiger partial charge in [0, 0.05) is 37.2 Å². The van der Waals surface area contributed by atoms with Gasteiger partial charge < -0.3 is 14.2 Å². The molecular formula is C15H17N3O. The lowest BCUT2D eigenvalue weighted by atomic mass is 10.1. The molecule has 4 heteroatoms. The van der Waals surface area contributed by atoms with Gasteiger partial charge in [0.15, 0.2) is 0 Å². The van der Waals surface area contributed by atoms with Crippen molar-refractivity contribution in [3.8, 4) is 0 Å². The van der Waals surface area contributed by atoms with Crippen LogP contribution in [0.3, 0.4) is 0 Å². The molecule has 19 heavy (non-hydrogen) atoms. The highest BCUT2D eigenvalue weighted by Crippen LogP contribution is 2.20. The Bertz CT molecular complexity index is 696. The molecule has 3 rings (SSSR count). The van der Waals surface area contributed by atoms with Gasteiger partial charge in [0.25, 0.3) is 0 Å². The van der Waals surface area contributed by atoms with Crippen LogP contribution in [0, 0.1) is 6.92 Å². The molecule has 0 unspecified atom stereocenters. The molecule has 3 aromatic rings. The van der Waals surface area contributed by atoms with E-state index < -0.39 is 0 Å². The maximum atomic E-state index is 9.45. The van der Waals surface area contributed by atoms with Crippen LogP contribution >= 0.6 is 0 Å². The van der Waals surface area contributed by atoms with Crippen LogP contribution in [0.4, 0.5) is 0 Å². The Morgan fingerprint density at radius 3 is 2.68 bits per heavy atom. The van der Waals surface area contributed by atoms with Crippen LogP contribution in [0.5, 0.6) is 0 Å². The van der Waals surface area contributed by atoms with Crippen molar-refractivity contribution in [2.24, 2.45) is 0 Å². The van der Waals surface area contributed by atoms with Crippen LogP contribution in [-0.2, 0) is 19.7 Å². The first-order chi connectivity index (χ1) is 9.29. The molecule has 0 saturated heterocycles. The largest absolute Gasteiger partial charge is 0.392 e. The van der Waals surface area contributed by atoms with E-state index >= 15 is 0 Å². The third kappa shape index (κ3) is 2.15. The highest BCUT2D eigenvalue weighted by molar-refractivity contribution is 5.83. The molecule has 2 heterocycles. The van der Waals surface area contributed by atoms with Crippen molar-refractivity contribution in [2.75, 3.05) is 0 Å². The Kier molecular flexibility index (Phi) is 3.09. The van der Waals surface area contributed by atoms with Gasteiger partial charge in [0.05, 0.1) is 12.1 Å². The Hall–Kier alpha value is -2.07. The van der Waals surface area contributed by atoms with Crippen LogP contribution in [0.1, 0.15) is 11.4 Å². The molecule has 0 atom stereocenters. The Labute approximate surface area is 111 Å². The number of nitrogens with zero attached hydrogens (tertiary/aromatic N) is 3. The number of benzene rings is 1. The van der Waals surface area contributed by atoms with Gasteiger partial charge in [-0.3, -0.25) is 0 Å². The molecule has 0 radical (unpaired) electrons. The van der Waals surface area contributed by atoms with Gasteiger partial charge in [-0.1, -0.05) is 18.2 Å². The van der Waals surface area contributed by atoms with Crippen LogP contribution < -0.4 is 0 Å². The molecule has 0 fully saturated rings. The lowest BCUT2D eigenvalue weighted by molar-refractivity contribution is 0.283. The van der Waals surface area contributed by atoms with Crippen molar-refractivity contribution in [2.45, 2.75) is 26.6 Å². The number of para-hydroxylation sites is 1. The molecule has 0 saturated carbocycles. The number of imidazole rings is 1. The highest BCUT2D eigenvalue weighted by Gasteiger charge is 2.06. The van der Waals surface area contributed by atoms with E-state index in [1.807, 2.05) is 31.5 Å². The molecule has 1 N–H and O–H groups in total. The number of aryl methyl sites for hydroxylation is 3. The predicted molar refractivity (Wildman–Crippen MR) is 74.8 cm³/mol. The summed E-state index contributed by atoms with van der Waals surface area (Å²) in [7, 11) is 0. The summed E-state index contributed by atoms with van der Waals surface area (Å²) in [6, 6.07) is 8.13. The summed E-state index contributed by atoms with van der Waals surface area (Å²) in [6.07, 6.45) is 5.90. The van der Waals surface area contributed by atoms with Crippen molar-refractivity contribution in [1.29, 1.82) is 0 Å². The van der Waals surface area contributed by atoms with Gasteiger partial charge in [-0.15, -0.1) is 0 Å². The molecule has 4 nitrogen and oxygen atoms in total. The van der Waals surface area contributed by atoms with Gasteiger partial charge in [0.1, 0.15) is 5.82 Å². The minimum absolute atomic E-state index is 0.0749. The van der Waals surface area contributed by atoms with Crippen molar-refractivity contribution in [3.63, 3.8) is 0 Å². The minimum Gasteiger partial charge on any atom is -0.392 e. The molecule has 0 spiro atoms. The molecule has 0 bridgehead atoms. The van der Waals surface area contributed by atoms with Crippen molar-refractivity contribution < 1.29 is 5.11 Å². The molecule has 2 aromatic heterocycles. The normalized spacial score (nSPS) is 11.3. The summed E-state index contributed by atoms with van der Waals surface area (Å²) >= 11 is 0. The molecule has 1 aromatic carbocycles. The first-order valence-electron chi connectivity index (χ1n) is 6.45. The standard InChI is InChI=1S/C15H17N3O/c1-12-16-6-8-17(12)9-10-18-7-5-13-3-2-4-14(11-19)15(13)18/h2-8,19H,9-11H2,1H3. The Morgan fingerprint density at radius 2 is 1.95 bits per heavy atom. The van der Waals surface area contributed by atoms with Crippen LogP contribution in [0.25, 0.3) is 10.9 Å². The average molecular weight is 255 g/mol. The summed E-state index contributed by atoms with van der Waals surface area (Å²) in [5, 5.41) is 10.6. The fraction of sp³-hybridized carbons (Fsp3) is 0.267. The summed E-state index contributed by atoms with van der Waals surface area (Å²) in [5.41, 5.74) is 2.10. The first-order valence-corrected chi connectivity index (χ1v) is 6.45. The van der Waals surface area contributed by atoms with Gasteiger partial charge in [-0.2, -0.15) is 0 Å².